The Bertz CT molecular complexity index is 558. The van der Waals surface area contributed by atoms with Crippen molar-refractivity contribution in [3.8, 4) is 0 Å². The van der Waals surface area contributed by atoms with E-state index in [1.54, 1.807) is 12.7 Å². The lowest BCUT2D eigenvalue weighted by atomic mass is 10.5. The molecule has 84 valence electrons. The number of H-pyrrole nitrogens is 1. The molecular formula is C9H10N4OS2. The van der Waals surface area contributed by atoms with Crippen LogP contribution < -0.4 is 0 Å². The van der Waals surface area contributed by atoms with Gasteiger partial charge in [0, 0.05) is 11.5 Å². The van der Waals surface area contributed by atoms with Crippen molar-refractivity contribution >= 4 is 35.1 Å². The van der Waals surface area contributed by atoms with Crippen molar-refractivity contribution < 1.29 is 4.74 Å². The Balaban J connectivity index is 2.10. The SMILES string of the molecule is S=c1nc[nH]c2c1ncn2C1CSCCO1. The van der Waals surface area contributed by atoms with Gasteiger partial charge in [-0.25, -0.2) is 9.97 Å². The second-order valence-electron chi connectivity index (χ2n) is 3.46. The van der Waals surface area contributed by atoms with Gasteiger partial charge >= 0.3 is 0 Å². The first kappa shape index (κ1) is 10.2. The van der Waals surface area contributed by atoms with Crippen molar-refractivity contribution in [1.82, 2.24) is 19.5 Å². The van der Waals surface area contributed by atoms with E-state index in [0.717, 1.165) is 29.3 Å². The predicted molar refractivity (Wildman–Crippen MR) is 65.0 cm³/mol. The van der Waals surface area contributed by atoms with Crippen molar-refractivity contribution in [2.75, 3.05) is 18.1 Å². The summed E-state index contributed by atoms with van der Waals surface area (Å²) in [5, 5.41) is 0. The number of fused-ring (bicyclic) bond motifs is 1. The smallest absolute Gasteiger partial charge is 0.157 e. The zero-order valence-electron chi connectivity index (χ0n) is 8.42. The van der Waals surface area contributed by atoms with Crippen LogP contribution in [0.3, 0.4) is 0 Å². The van der Waals surface area contributed by atoms with Gasteiger partial charge in [0.25, 0.3) is 0 Å². The van der Waals surface area contributed by atoms with E-state index in [0.29, 0.717) is 4.64 Å². The largest absolute Gasteiger partial charge is 0.356 e. The molecule has 16 heavy (non-hydrogen) atoms. The summed E-state index contributed by atoms with van der Waals surface area (Å²) in [5.74, 6) is 2.00. The molecule has 0 bridgehead atoms. The molecule has 0 spiro atoms. The maximum absolute atomic E-state index is 5.70. The van der Waals surface area contributed by atoms with Gasteiger partial charge in [-0.1, -0.05) is 12.2 Å². The molecule has 1 aliphatic heterocycles. The van der Waals surface area contributed by atoms with Crippen LogP contribution in [-0.2, 0) is 4.74 Å². The molecule has 1 unspecified atom stereocenters. The van der Waals surface area contributed by atoms with Gasteiger partial charge in [0.1, 0.15) is 17.4 Å². The zero-order valence-corrected chi connectivity index (χ0v) is 10.1. The van der Waals surface area contributed by atoms with Gasteiger partial charge in [-0.3, -0.25) is 4.57 Å². The van der Waals surface area contributed by atoms with E-state index >= 15 is 0 Å². The van der Waals surface area contributed by atoms with Crippen LogP contribution in [0.15, 0.2) is 12.7 Å². The summed E-state index contributed by atoms with van der Waals surface area (Å²) in [6, 6.07) is 0. The Hall–Kier alpha value is -0.920. The van der Waals surface area contributed by atoms with E-state index in [1.807, 2.05) is 16.3 Å². The quantitative estimate of drug-likeness (QED) is 0.786. The minimum atomic E-state index is 0.0387. The molecule has 0 saturated carbocycles. The van der Waals surface area contributed by atoms with Crippen LogP contribution in [0.5, 0.6) is 0 Å². The maximum Gasteiger partial charge on any atom is 0.157 e. The fourth-order valence-electron chi connectivity index (χ4n) is 1.73. The van der Waals surface area contributed by atoms with Crippen LogP contribution in [0.2, 0.25) is 0 Å². The highest BCUT2D eigenvalue weighted by atomic mass is 32.2. The van der Waals surface area contributed by atoms with E-state index in [9.17, 15) is 0 Å². The summed E-state index contributed by atoms with van der Waals surface area (Å²) in [6.07, 6.45) is 3.39. The van der Waals surface area contributed by atoms with Crippen molar-refractivity contribution in [2.24, 2.45) is 0 Å². The topological polar surface area (TPSA) is 55.7 Å². The molecule has 0 aromatic carbocycles. The van der Waals surface area contributed by atoms with Crippen LogP contribution in [-0.4, -0.2) is 37.6 Å². The van der Waals surface area contributed by atoms with Crippen molar-refractivity contribution in [3.05, 3.63) is 17.3 Å². The third-order valence-corrected chi connectivity index (χ3v) is 3.76. The Morgan fingerprint density at radius 2 is 2.50 bits per heavy atom. The Kier molecular flexibility index (Phi) is 2.66. The first-order chi connectivity index (χ1) is 7.86. The number of imidazole rings is 1. The summed E-state index contributed by atoms with van der Waals surface area (Å²) in [7, 11) is 0. The summed E-state index contributed by atoms with van der Waals surface area (Å²) < 4.78 is 8.21. The molecule has 1 aliphatic rings. The average Bonchev–Trinajstić information content (AvgIpc) is 2.75. The molecule has 7 heteroatoms. The number of hydrogen-bond donors (Lipinski definition) is 1. The third-order valence-electron chi connectivity index (χ3n) is 2.49. The lowest BCUT2D eigenvalue weighted by molar-refractivity contribution is 0.0269. The zero-order chi connectivity index (χ0) is 11.0. The van der Waals surface area contributed by atoms with Gasteiger partial charge in [-0.05, 0) is 0 Å². The molecular weight excluding hydrogens is 244 g/mol. The number of ether oxygens (including phenoxy) is 1. The van der Waals surface area contributed by atoms with E-state index in [2.05, 4.69) is 15.0 Å². The molecule has 0 amide bonds. The Labute approximate surface area is 101 Å². The van der Waals surface area contributed by atoms with Crippen LogP contribution in [0.25, 0.3) is 11.2 Å². The van der Waals surface area contributed by atoms with Crippen molar-refractivity contribution in [2.45, 2.75) is 6.23 Å². The lowest BCUT2D eigenvalue weighted by Gasteiger charge is -2.23. The molecule has 1 fully saturated rings. The van der Waals surface area contributed by atoms with E-state index in [4.69, 9.17) is 17.0 Å². The summed E-state index contributed by atoms with van der Waals surface area (Å²) >= 11 is 7.00. The van der Waals surface area contributed by atoms with Crippen LogP contribution in [0.4, 0.5) is 0 Å². The Morgan fingerprint density at radius 3 is 3.31 bits per heavy atom. The monoisotopic (exact) mass is 254 g/mol. The standard InChI is InChI=1S/C9H10N4OS2/c15-9-7-8(10-4-11-9)13(5-12-7)6-3-16-2-1-14-6/h4-6H,1-3H2,(H,10,11,15). The van der Waals surface area contributed by atoms with Crippen LogP contribution in [0.1, 0.15) is 6.23 Å². The first-order valence-corrected chi connectivity index (χ1v) is 6.52. The van der Waals surface area contributed by atoms with Crippen LogP contribution in [0, 0.1) is 4.64 Å². The normalized spacial score (nSPS) is 21.4. The van der Waals surface area contributed by atoms with Crippen LogP contribution >= 0.6 is 24.0 Å². The molecule has 0 radical (unpaired) electrons. The lowest BCUT2D eigenvalue weighted by Crippen LogP contribution is -2.21. The maximum atomic E-state index is 5.70. The van der Waals surface area contributed by atoms with Gasteiger partial charge in [-0.15, -0.1) is 0 Å². The highest BCUT2D eigenvalue weighted by molar-refractivity contribution is 7.99. The minimum Gasteiger partial charge on any atom is -0.356 e. The molecule has 3 rings (SSSR count). The number of nitrogens with one attached hydrogen (secondary N) is 1. The number of aromatic nitrogens is 4. The fourth-order valence-corrected chi connectivity index (χ4v) is 2.77. The molecule has 1 atom stereocenters. The number of rotatable bonds is 1. The molecule has 1 saturated heterocycles. The Morgan fingerprint density at radius 1 is 1.56 bits per heavy atom. The molecule has 2 aromatic rings. The van der Waals surface area contributed by atoms with Gasteiger partial charge in [0.2, 0.25) is 0 Å². The molecule has 3 heterocycles. The van der Waals surface area contributed by atoms with Crippen molar-refractivity contribution in [3.63, 3.8) is 0 Å². The number of hydrogen-bond acceptors (Lipinski definition) is 5. The van der Waals surface area contributed by atoms with Crippen molar-refractivity contribution in [1.29, 1.82) is 0 Å². The number of nitrogens with zero attached hydrogens (tertiary/aromatic N) is 3. The second kappa shape index (κ2) is 4.15. The summed E-state index contributed by atoms with van der Waals surface area (Å²) in [4.78, 5) is 11.3. The molecule has 5 nitrogen and oxygen atoms in total. The summed E-state index contributed by atoms with van der Waals surface area (Å²) in [5.41, 5.74) is 1.61. The third kappa shape index (κ3) is 1.64. The summed E-state index contributed by atoms with van der Waals surface area (Å²) in [6.45, 7) is 0.779. The van der Waals surface area contributed by atoms with E-state index in [-0.39, 0.29) is 6.23 Å². The van der Waals surface area contributed by atoms with Gasteiger partial charge in [0.15, 0.2) is 4.64 Å². The minimum absolute atomic E-state index is 0.0387. The van der Waals surface area contributed by atoms with E-state index < -0.39 is 0 Å². The molecule has 0 aliphatic carbocycles. The van der Waals surface area contributed by atoms with Gasteiger partial charge in [-0.2, -0.15) is 11.8 Å². The number of aromatic amines is 1. The highest BCUT2D eigenvalue weighted by Gasteiger charge is 2.18. The van der Waals surface area contributed by atoms with E-state index in [1.165, 1.54) is 0 Å². The predicted octanol–water partition coefficient (Wildman–Crippen LogP) is 1.75. The average molecular weight is 254 g/mol. The fraction of sp³-hybridized carbons (Fsp3) is 0.444. The first-order valence-electron chi connectivity index (χ1n) is 4.96. The van der Waals surface area contributed by atoms with Gasteiger partial charge < -0.3 is 9.72 Å². The highest BCUT2D eigenvalue weighted by Crippen LogP contribution is 2.24. The number of thioether (sulfide) groups is 1. The molecule has 1 N–H and O–H groups in total. The molecule has 2 aromatic heterocycles. The van der Waals surface area contributed by atoms with Gasteiger partial charge in [0.05, 0.1) is 19.3 Å². The second-order valence-corrected chi connectivity index (χ2v) is 4.99.